The van der Waals surface area contributed by atoms with Crippen LogP contribution in [0.4, 0.5) is 5.82 Å². The van der Waals surface area contributed by atoms with Crippen molar-refractivity contribution in [2.24, 2.45) is 5.92 Å². The second kappa shape index (κ2) is 4.74. The molecule has 0 N–H and O–H groups in total. The zero-order valence-corrected chi connectivity index (χ0v) is 11.8. The summed E-state index contributed by atoms with van der Waals surface area (Å²) in [5.41, 5.74) is 1.26. The predicted molar refractivity (Wildman–Crippen MR) is 71.9 cm³/mol. The van der Waals surface area contributed by atoms with Crippen molar-refractivity contribution in [3.05, 3.63) is 22.3 Å². The summed E-state index contributed by atoms with van der Waals surface area (Å²) in [6.45, 7) is 7.87. The van der Waals surface area contributed by atoms with Crippen LogP contribution < -0.4 is 4.90 Å². The number of hydrogen-bond acceptors (Lipinski definition) is 2. The highest BCUT2D eigenvalue weighted by atomic mass is 79.9. The van der Waals surface area contributed by atoms with Crippen molar-refractivity contribution < 1.29 is 0 Å². The Labute approximate surface area is 106 Å². The van der Waals surface area contributed by atoms with Gasteiger partial charge in [0.15, 0.2) is 0 Å². The zero-order chi connectivity index (χ0) is 11.7. The smallest absolute Gasteiger partial charge is 0.129 e. The molecule has 1 aromatic rings. The van der Waals surface area contributed by atoms with Gasteiger partial charge in [0.1, 0.15) is 5.82 Å². The fraction of sp³-hybridized carbons (Fsp3) is 0.615. The number of rotatable bonds is 1. The van der Waals surface area contributed by atoms with E-state index in [2.05, 4.69) is 52.7 Å². The van der Waals surface area contributed by atoms with Gasteiger partial charge >= 0.3 is 0 Å². The number of nitrogens with zero attached hydrogens (tertiary/aromatic N) is 2. The molecule has 0 bridgehead atoms. The van der Waals surface area contributed by atoms with Crippen LogP contribution in [0.15, 0.2) is 16.7 Å². The van der Waals surface area contributed by atoms with Crippen molar-refractivity contribution in [1.29, 1.82) is 0 Å². The van der Waals surface area contributed by atoms with Crippen molar-refractivity contribution in [2.75, 3.05) is 11.4 Å². The number of piperidine rings is 1. The van der Waals surface area contributed by atoms with Gasteiger partial charge in [-0.3, -0.25) is 0 Å². The summed E-state index contributed by atoms with van der Waals surface area (Å²) in [7, 11) is 0. The van der Waals surface area contributed by atoms with E-state index < -0.39 is 0 Å². The Morgan fingerprint density at radius 3 is 2.81 bits per heavy atom. The molecule has 1 aliphatic heterocycles. The summed E-state index contributed by atoms with van der Waals surface area (Å²) < 4.78 is 1.09. The highest BCUT2D eigenvalue weighted by molar-refractivity contribution is 9.10. The molecule has 2 atom stereocenters. The third-order valence-electron chi connectivity index (χ3n) is 3.44. The Hall–Kier alpha value is -0.570. The first-order chi connectivity index (χ1) is 7.58. The second-order valence-electron chi connectivity index (χ2n) is 4.98. The molecule has 0 aromatic carbocycles. The maximum atomic E-state index is 4.53. The molecule has 1 aromatic heterocycles. The quantitative estimate of drug-likeness (QED) is 0.779. The first-order valence-electron chi connectivity index (χ1n) is 5.96. The highest BCUT2D eigenvalue weighted by Gasteiger charge is 2.23. The van der Waals surface area contributed by atoms with Crippen LogP contribution in [0.25, 0.3) is 0 Å². The number of aryl methyl sites for hydroxylation is 1. The van der Waals surface area contributed by atoms with Gasteiger partial charge in [0.25, 0.3) is 0 Å². The molecule has 2 heterocycles. The molecule has 1 fully saturated rings. The Balaban J connectivity index is 2.24. The van der Waals surface area contributed by atoms with Crippen LogP contribution in [0.1, 0.15) is 32.3 Å². The Morgan fingerprint density at radius 2 is 2.12 bits per heavy atom. The minimum Gasteiger partial charge on any atom is -0.354 e. The molecule has 16 heavy (non-hydrogen) atoms. The van der Waals surface area contributed by atoms with E-state index in [0.717, 1.165) is 22.8 Å². The lowest BCUT2D eigenvalue weighted by Gasteiger charge is -2.37. The largest absolute Gasteiger partial charge is 0.354 e. The van der Waals surface area contributed by atoms with E-state index in [1.165, 1.54) is 18.4 Å². The van der Waals surface area contributed by atoms with E-state index in [1.54, 1.807) is 0 Å². The third-order valence-corrected chi connectivity index (χ3v) is 4.27. The topological polar surface area (TPSA) is 16.1 Å². The second-order valence-corrected chi connectivity index (χ2v) is 5.83. The predicted octanol–water partition coefficient (Wildman–Crippen LogP) is 3.78. The van der Waals surface area contributed by atoms with Crippen LogP contribution >= 0.6 is 15.9 Å². The maximum absolute atomic E-state index is 4.53. The van der Waals surface area contributed by atoms with Gasteiger partial charge < -0.3 is 4.90 Å². The van der Waals surface area contributed by atoms with Crippen LogP contribution in [0, 0.1) is 12.8 Å². The van der Waals surface area contributed by atoms with E-state index in [1.807, 2.05) is 6.20 Å². The van der Waals surface area contributed by atoms with Gasteiger partial charge in [0.05, 0.1) is 0 Å². The number of anilines is 1. The van der Waals surface area contributed by atoms with Gasteiger partial charge in [-0.1, -0.05) is 6.92 Å². The molecule has 2 unspecified atom stereocenters. The number of halogens is 1. The molecule has 0 spiro atoms. The van der Waals surface area contributed by atoms with Crippen LogP contribution in [0.2, 0.25) is 0 Å². The normalized spacial score (nSPS) is 25.9. The molecule has 0 radical (unpaired) electrons. The highest BCUT2D eigenvalue weighted by Crippen LogP contribution is 2.28. The summed E-state index contributed by atoms with van der Waals surface area (Å²) in [6, 6.07) is 2.79. The number of hydrogen-bond donors (Lipinski definition) is 0. The summed E-state index contributed by atoms with van der Waals surface area (Å²) in [5.74, 6) is 1.90. The van der Waals surface area contributed by atoms with Gasteiger partial charge in [-0.05, 0) is 60.2 Å². The molecule has 0 aliphatic carbocycles. The lowest BCUT2D eigenvalue weighted by Crippen LogP contribution is -2.41. The molecule has 3 heteroatoms. The fourth-order valence-electron chi connectivity index (χ4n) is 2.29. The minimum atomic E-state index is 0.615. The Bertz CT molecular complexity index is 378. The monoisotopic (exact) mass is 282 g/mol. The Morgan fingerprint density at radius 1 is 1.38 bits per heavy atom. The number of aromatic nitrogens is 1. The van der Waals surface area contributed by atoms with Crippen LogP contribution in [0.3, 0.4) is 0 Å². The van der Waals surface area contributed by atoms with Gasteiger partial charge in [0.2, 0.25) is 0 Å². The molecule has 0 saturated carbocycles. The van der Waals surface area contributed by atoms with E-state index in [-0.39, 0.29) is 0 Å². The SMILES string of the molecule is Cc1cc(N2CC(C)CCC2C)ncc1Br. The maximum Gasteiger partial charge on any atom is 0.129 e. The van der Waals surface area contributed by atoms with Crippen molar-refractivity contribution in [3.8, 4) is 0 Å². The lowest BCUT2D eigenvalue weighted by molar-refractivity contribution is 0.388. The van der Waals surface area contributed by atoms with Crippen LogP contribution in [0.5, 0.6) is 0 Å². The summed E-state index contributed by atoms with van der Waals surface area (Å²) in [6.07, 6.45) is 4.53. The number of pyridine rings is 1. The summed E-state index contributed by atoms with van der Waals surface area (Å²) in [5, 5.41) is 0. The van der Waals surface area contributed by atoms with Crippen molar-refractivity contribution in [1.82, 2.24) is 4.98 Å². The van der Waals surface area contributed by atoms with Gasteiger partial charge in [-0.25, -0.2) is 4.98 Å². The van der Waals surface area contributed by atoms with Crippen LogP contribution in [-0.4, -0.2) is 17.6 Å². The molecule has 88 valence electrons. The summed E-state index contributed by atoms with van der Waals surface area (Å²) >= 11 is 3.50. The average Bonchev–Trinajstić information content (AvgIpc) is 2.26. The molecular formula is C13H19BrN2. The standard InChI is InChI=1S/C13H19BrN2/c1-9-4-5-11(3)16(8-9)13-6-10(2)12(14)7-15-13/h6-7,9,11H,4-5,8H2,1-3H3. The summed E-state index contributed by atoms with van der Waals surface area (Å²) in [4.78, 5) is 6.96. The molecule has 1 aliphatic rings. The Kier molecular flexibility index (Phi) is 3.53. The van der Waals surface area contributed by atoms with Crippen molar-refractivity contribution in [2.45, 2.75) is 39.7 Å². The van der Waals surface area contributed by atoms with Crippen molar-refractivity contribution >= 4 is 21.7 Å². The molecule has 1 saturated heterocycles. The first-order valence-corrected chi connectivity index (χ1v) is 6.76. The van der Waals surface area contributed by atoms with E-state index in [9.17, 15) is 0 Å². The van der Waals surface area contributed by atoms with Crippen LogP contribution in [-0.2, 0) is 0 Å². The third kappa shape index (κ3) is 2.40. The minimum absolute atomic E-state index is 0.615. The lowest BCUT2D eigenvalue weighted by atomic mass is 9.95. The van der Waals surface area contributed by atoms with Gasteiger partial charge in [-0.15, -0.1) is 0 Å². The van der Waals surface area contributed by atoms with E-state index in [4.69, 9.17) is 0 Å². The fourth-order valence-corrected chi connectivity index (χ4v) is 2.51. The van der Waals surface area contributed by atoms with Gasteiger partial charge in [0, 0.05) is 23.3 Å². The molecule has 2 nitrogen and oxygen atoms in total. The first kappa shape index (κ1) is 11.9. The van der Waals surface area contributed by atoms with E-state index >= 15 is 0 Å². The molecular weight excluding hydrogens is 264 g/mol. The average molecular weight is 283 g/mol. The van der Waals surface area contributed by atoms with Gasteiger partial charge in [-0.2, -0.15) is 0 Å². The molecule has 2 rings (SSSR count). The molecule has 0 amide bonds. The zero-order valence-electron chi connectivity index (χ0n) is 10.2. The van der Waals surface area contributed by atoms with Crippen molar-refractivity contribution in [3.63, 3.8) is 0 Å². The van der Waals surface area contributed by atoms with E-state index in [0.29, 0.717) is 6.04 Å².